The van der Waals surface area contributed by atoms with Crippen LogP contribution >= 0.6 is 0 Å². The predicted molar refractivity (Wildman–Crippen MR) is 81.2 cm³/mol. The molecule has 0 saturated heterocycles. The highest BCUT2D eigenvalue weighted by molar-refractivity contribution is 5.79. The molecular weight excluding hydrogens is 246 g/mol. The van der Waals surface area contributed by atoms with Gasteiger partial charge in [-0.25, -0.2) is 0 Å². The summed E-state index contributed by atoms with van der Waals surface area (Å²) in [5.74, 6) is 5.96. The summed E-state index contributed by atoms with van der Waals surface area (Å²) in [5.41, 5.74) is 3.15. The van der Waals surface area contributed by atoms with Crippen molar-refractivity contribution < 1.29 is 4.79 Å². The van der Waals surface area contributed by atoms with Gasteiger partial charge in [-0.2, -0.15) is 0 Å². The van der Waals surface area contributed by atoms with Crippen molar-refractivity contribution in [2.24, 2.45) is 0 Å². The van der Waals surface area contributed by atoms with E-state index in [1.165, 1.54) is 0 Å². The van der Waals surface area contributed by atoms with E-state index in [2.05, 4.69) is 17.2 Å². The molecule has 0 unspecified atom stereocenters. The highest BCUT2D eigenvalue weighted by Gasteiger charge is 2.03. The van der Waals surface area contributed by atoms with Gasteiger partial charge in [-0.15, -0.1) is 0 Å². The quantitative estimate of drug-likeness (QED) is 0.848. The molecule has 2 heteroatoms. The van der Waals surface area contributed by atoms with Crippen LogP contribution in [0.4, 0.5) is 0 Å². The average Bonchev–Trinajstić information content (AvgIpc) is 2.47. The van der Waals surface area contributed by atoms with E-state index in [1.807, 2.05) is 61.5 Å². The van der Waals surface area contributed by atoms with Crippen molar-refractivity contribution >= 4 is 5.91 Å². The number of benzene rings is 2. The summed E-state index contributed by atoms with van der Waals surface area (Å²) in [6.07, 6.45) is 0.402. The Morgan fingerprint density at radius 2 is 1.75 bits per heavy atom. The van der Waals surface area contributed by atoms with Crippen LogP contribution in [0.15, 0.2) is 54.6 Å². The molecule has 0 aliphatic rings. The number of carbonyl (C=O) groups is 1. The molecule has 2 aromatic rings. The summed E-state index contributed by atoms with van der Waals surface area (Å²) in [6, 6.07) is 17.6. The molecule has 0 bridgehead atoms. The van der Waals surface area contributed by atoms with Gasteiger partial charge in [0.15, 0.2) is 0 Å². The van der Waals surface area contributed by atoms with Crippen molar-refractivity contribution in [3.05, 3.63) is 71.3 Å². The molecule has 2 aromatic carbocycles. The van der Waals surface area contributed by atoms with E-state index < -0.39 is 0 Å². The summed E-state index contributed by atoms with van der Waals surface area (Å²) in [7, 11) is 0. The molecule has 1 amide bonds. The summed E-state index contributed by atoms with van der Waals surface area (Å²) in [4.78, 5) is 11.8. The van der Waals surface area contributed by atoms with E-state index >= 15 is 0 Å². The molecule has 0 spiro atoms. The van der Waals surface area contributed by atoms with Gasteiger partial charge in [0, 0.05) is 5.56 Å². The van der Waals surface area contributed by atoms with Crippen LogP contribution in [0.25, 0.3) is 0 Å². The zero-order valence-electron chi connectivity index (χ0n) is 11.5. The minimum absolute atomic E-state index is 0.00154. The van der Waals surface area contributed by atoms with Crippen LogP contribution in [-0.2, 0) is 11.2 Å². The van der Waals surface area contributed by atoms with Gasteiger partial charge in [0.05, 0.1) is 13.0 Å². The summed E-state index contributed by atoms with van der Waals surface area (Å²) < 4.78 is 0. The Morgan fingerprint density at radius 1 is 1.05 bits per heavy atom. The fraction of sp³-hybridized carbons (Fsp3) is 0.167. The van der Waals surface area contributed by atoms with Crippen LogP contribution in [0, 0.1) is 18.8 Å². The monoisotopic (exact) mass is 263 g/mol. The van der Waals surface area contributed by atoms with Gasteiger partial charge in [0.2, 0.25) is 5.91 Å². The van der Waals surface area contributed by atoms with Gasteiger partial charge in [-0.3, -0.25) is 4.79 Å². The van der Waals surface area contributed by atoms with Gasteiger partial charge in [0.25, 0.3) is 0 Å². The maximum Gasteiger partial charge on any atom is 0.225 e. The largest absolute Gasteiger partial charge is 0.345 e. The minimum Gasteiger partial charge on any atom is -0.345 e. The Bertz CT molecular complexity index is 635. The lowest BCUT2D eigenvalue weighted by molar-refractivity contribution is -0.120. The summed E-state index contributed by atoms with van der Waals surface area (Å²) in [6.45, 7) is 2.39. The molecule has 2 rings (SSSR count). The standard InChI is InChI=1S/C18H17NO/c1-15-8-5-6-12-17(15)14-18(20)19-13-7-11-16-9-3-2-4-10-16/h2-6,8-10,12H,13-14H2,1H3,(H,19,20). The Balaban J connectivity index is 1.82. The lowest BCUT2D eigenvalue weighted by Gasteiger charge is -2.04. The van der Waals surface area contributed by atoms with Gasteiger partial charge in [0.1, 0.15) is 0 Å². The predicted octanol–water partition coefficient (Wildman–Crippen LogP) is 2.71. The first-order valence-corrected chi connectivity index (χ1v) is 6.61. The van der Waals surface area contributed by atoms with Crippen LogP contribution in [-0.4, -0.2) is 12.5 Å². The summed E-state index contributed by atoms with van der Waals surface area (Å²) in [5, 5.41) is 2.82. The van der Waals surface area contributed by atoms with Crippen LogP contribution in [0.1, 0.15) is 16.7 Å². The molecule has 100 valence electrons. The number of amides is 1. The zero-order valence-corrected chi connectivity index (χ0v) is 11.5. The lowest BCUT2D eigenvalue weighted by Crippen LogP contribution is -2.25. The van der Waals surface area contributed by atoms with Crippen LogP contribution in [0.2, 0.25) is 0 Å². The molecule has 0 saturated carbocycles. The molecule has 0 atom stereocenters. The maximum atomic E-state index is 11.8. The molecule has 0 heterocycles. The molecule has 20 heavy (non-hydrogen) atoms. The Kier molecular flexibility index (Phi) is 4.97. The van der Waals surface area contributed by atoms with Gasteiger partial charge in [-0.1, -0.05) is 54.3 Å². The van der Waals surface area contributed by atoms with Gasteiger partial charge in [-0.05, 0) is 30.2 Å². The van der Waals surface area contributed by atoms with E-state index in [9.17, 15) is 4.79 Å². The second kappa shape index (κ2) is 7.16. The summed E-state index contributed by atoms with van der Waals surface area (Å²) >= 11 is 0. The van der Waals surface area contributed by atoms with Crippen molar-refractivity contribution in [3.63, 3.8) is 0 Å². The molecule has 0 radical (unpaired) electrons. The fourth-order valence-corrected chi connectivity index (χ4v) is 1.85. The third-order valence-electron chi connectivity index (χ3n) is 2.99. The van der Waals surface area contributed by atoms with Crippen molar-refractivity contribution in [1.29, 1.82) is 0 Å². The number of carbonyl (C=O) groups excluding carboxylic acids is 1. The number of hydrogen-bond acceptors (Lipinski definition) is 1. The SMILES string of the molecule is Cc1ccccc1CC(=O)NCC#Cc1ccccc1. The van der Waals surface area contributed by atoms with Crippen molar-refractivity contribution in [2.45, 2.75) is 13.3 Å². The van der Waals surface area contributed by atoms with Crippen molar-refractivity contribution in [1.82, 2.24) is 5.32 Å². The van der Waals surface area contributed by atoms with E-state index in [1.54, 1.807) is 0 Å². The molecule has 2 nitrogen and oxygen atoms in total. The smallest absolute Gasteiger partial charge is 0.225 e. The first kappa shape index (κ1) is 13.9. The molecule has 1 N–H and O–H groups in total. The van der Waals surface area contributed by atoms with E-state index in [0.29, 0.717) is 13.0 Å². The minimum atomic E-state index is 0.00154. The molecular formula is C18H17NO. The van der Waals surface area contributed by atoms with Gasteiger partial charge < -0.3 is 5.32 Å². The van der Waals surface area contributed by atoms with Gasteiger partial charge >= 0.3 is 0 Å². The normalized spacial score (nSPS) is 9.45. The third kappa shape index (κ3) is 4.29. The average molecular weight is 263 g/mol. The van der Waals surface area contributed by atoms with Crippen molar-refractivity contribution in [2.75, 3.05) is 6.54 Å². The molecule has 0 aromatic heterocycles. The molecule has 0 fully saturated rings. The van der Waals surface area contributed by atoms with E-state index in [0.717, 1.165) is 16.7 Å². The second-order valence-electron chi connectivity index (χ2n) is 4.55. The highest BCUT2D eigenvalue weighted by atomic mass is 16.1. The second-order valence-corrected chi connectivity index (χ2v) is 4.55. The lowest BCUT2D eigenvalue weighted by atomic mass is 10.1. The zero-order chi connectivity index (χ0) is 14.2. The highest BCUT2D eigenvalue weighted by Crippen LogP contribution is 2.07. The number of hydrogen-bond donors (Lipinski definition) is 1. The van der Waals surface area contributed by atoms with E-state index in [-0.39, 0.29) is 5.91 Å². The van der Waals surface area contributed by atoms with Crippen molar-refractivity contribution in [3.8, 4) is 11.8 Å². The van der Waals surface area contributed by atoms with Crippen LogP contribution < -0.4 is 5.32 Å². The van der Waals surface area contributed by atoms with Crippen LogP contribution in [0.3, 0.4) is 0 Å². The Hall–Kier alpha value is -2.53. The number of aryl methyl sites for hydroxylation is 1. The van der Waals surface area contributed by atoms with E-state index in [4.69, 9.17) is 0 Å². The number of nitrogens with one attached hydrogen (secondary N) is 1. The Labute approximate surface area is 119 Å². The maximum absolute atomic E-state index is 11.8. The molecule has 0 aliphatic carbocycles. The Morgan fingerprint density at radius 3 is 2.50 bits per heavy atom. The fourth-order valence-electron chi connectivity index (χ4n) is 1.85. The van der Waals surface area contributed by atoms with Crippen LogP contribution in [0.5, 0.6) is 0 Å². The first-order valence-electron chi connectivity index (χ1n) is 6.61. The topological polar surface area (TPSA) is 29.1 Å². The number of rotatable bonds is 3. The third-order valence-corrected chi connectivity index (χ3v) is 2.99. The molecule has 0 aliphatic heterocycles. The first-order chi connectivity index (χ1) is 9.75.